The zero-order valence-corrected chi connectivity index (χ0v) is 16.7. The van der Waals surface area contributed by atoms with Crippen molar-refractivity contribution in [2.45, 2.75) is 23.6 Å². The number of anilines is 1. The topological polar surface area (TPSA) is 97.1 Å². The van der Waals surface area contributed by atoms with E-state index in [0.717, 1.165) is 29.9 Å². The molecule has 0 aliphatic heterocycles. The van der Waals surface area contributed by atoms with Crippen LogP contribution in [0.1, 0.15) is 28.8 Å². The van der Waals surface area contributed by atoms with Crippen molar-refractivity contribution in [2.24, 2.45) is 11.7 Å². The second-order valence-corrected chi connectivity index (χ2v) is 8.42. The number of primary amides is 1. The first-order chi connectivity index (χ1) is 12.4. The van der Waals surface area contributed by atoms with Crippen LogP contribution in [0.2, 0.25) is 10.0 Å². The van der Waals surface area contributed by atoms with Crippen LogP contribution in [0.5, 0.6) is 0 Å². The van der Waals surface area contributed by atoms with E-state index >= 15 is 0 Å². The summed E-state index contributed by atoms with van der Waals surface area (Å²) in [5.41, 5.74) is 6.64. The van der Waals surface area contributed by atoms with Crippen LogP contribution in [0.4, 0.5) is 9.80 Å². The summed E-state index contributed by atoms with van der Waals surface area (Å²) in [6.45, 7) is 0.634. The van der Waals surface area contributed by atoms with E-state index in [9.17, 15) is 9.59 Å². The van der Waals surface area contributed by atoms with Gasteiger partial charge in [-0.25, -0.2) is 4.79 Å². The van der Waals surface area contributed by atoms with Gasteiger partial charge in [-0.15, -0.1) is 0 Å². The lowest BCUT2D eigenvalue weighted by molar-refractivity contribution is 0.0998. The molecule has 0 saturated heterocycles. The molecule has 1 fully saturated rings. The molecule has 0 atom stereocenters. The molecule has 1 aromatic heterocycles. The number of nitrogens with two attached hydrogens (primary N) is 1. The lowest BCUT2D eigenvalue weighted by atomic mass is 10.2. The maximum atomic E-state index is 11.9. The van der Waals surface area contributed by atoms with Crippen LogP contribution in [0.15, 0.2) is 23.2 Å². The first kappa shape index (κ1) is 19.3. The monoisotopic (exact) mass is 430 g/mol. The fraction of sp³-hybridized carbons (Fsp3) is 0.312. The number of rotatable bonds is 7. The van der Waals surface area contributed by atoms with Gasteiger partial charge < -0.3 is 11.1 Å². The molecule has 1 heterocycles. The number of carbonyl (C=O) groups is 2. The van der Waals surface area contributed by atoms with Crippen molar-refractivity contribution in [1.29, 1.82) is 0 Å². The normalized spacial score (nSPS) is 13.5. The van der Waals surface area contributed by atoms with Crippen molar-refractivity contribution >= 4 is 63.4 Å². The van der Waals surface area contributed by atoms with Gasteiger partial charge in [-0.2, -0.15) is 4.37 Å². The van der Waals surface area contributed by atoms with Gasteiger partial charge in [-0.1, -0.05) is 41.0 Å². The number of benzene rings is 1. The quantitative estimate of drug-likeness (QED) is 0.567. The number of hydrogen-bond acceptors (Lipinski definition) is 5. The van der Waals surface area contributed by atoms with E-state index in [4.69, 9.17) is 28.9 Å². The molecule has 1 aromatic carbocycles. The van der Waals surface area contributed by atoms with E-state index < -0.39 is 5.91 Å². The van der Waals surface area contributed by atoms with Gasteiger partial charge in [0.1, 0.15) is 15.6 Å². The molecule has 3 amide bonds. The molecule has 0 bridgehead atoms. The first-order valence-corrected chi connectivity index (χ1v) is 10.4. The molecule has 0 unspecified atom stereocenters. The third kappa shape index (κ3) is 5.03. The summed E-state index contributed by atoms with van der Waals surface area (Å²) in [4.78, 5) is 23.8. The standard InChI is InChI=1S/C16H16Cl2N4O2S2/c17-10-4-3-9(5-11(10)18)7-25-15-12(13(19)23)14(26-22-15)21-16(24)20-6-8-1-2-8/h3-5,8H,1-2,6-7H2,(H2,19,23)(H2,20,21,24). The number of halogens is 2. The molecule has 138 valence electrons. The van der Waals surface area contributed by atoms with Gasteiger partial charge in [0.05, 0.1) is 10.0 Å². The highest BCUT2D eigenvalue weighted by Gasteiger charge is 2.23. The number of amides is 3. The van der Waals surface area contributed by atoms with Crippen molar-refractivity contribution in [3.8, 4) is 0 Å². The maximum Gasteiger partial charge on any atom is 0.319 e. The Morgan fingerprint density at radius 1 is 1.31 bits per heavy atom. The number of thioether (sulfide) groups is 1. The van der Waals surface area contributed by atoms with Crippen LogP contribution >= 0.6 is 46.5 Å². The highest BCUT2D eigenvalue weighted by molar-refractivity contribution is 7.98. The average Bonchev–Trinajstić information content (AvgIpc) is 3.34. The molecule has 3 rings (SSSR count). The van der Waals surface area contributed by atoms with E-state index in [1.807, 2.05) is 6.07 Å². The first-order valence-electron chi connectivity index (χ1n) is 7.85. The molecule has 1 saturated carbocycles. The number of nitrogens with zero attached hydrogens (tertiary/aromatic N) is 1. The molecule has 1 aliphatic carbocycles. The van der Waals surface area contributed by atoms with Crippen LogP contribution in [-0.2, 0) is 5.75 Å². The smallest absolute Gasteiger partial charge is 0.319 e. The fourth-order valence-electron chi connectivity index (χ4n) is 2.16. The Hall–Kier alpha value is -1.48. The summed E-state index contributed by atoms with van der Waals surface area (Å²) >= 11 is 14.3. The third-order valence-electron chi connectivity index (χ3n) is 3.74. The Balaban J connectivity index is 1.66. The van der Waals surface area contributed by atoms with Crippen LogP contribution in [0.25, 0.3) is 0 Å². The number of urea groups is 1. The highest BCUT2D eigenvalue weighted by Crippen LogP contribution is 2.34. The van der Waals surface area contributed by atoms with Crippen molar-refractivity contribution < 1.29 is 9.59 Å². The average molecular weight is 431 g/mol. The minimum absolute atomic E-state index is 0.224. The number of nitrogens with one attached hydrogen (secondary N) is 2. The number of carbonyl (C=O) groups excluding carboxylic acids is 2. The molecule has 2 aromatic rings. The van der Waals surface area contributed by atoms with E-state index in [0.29, 0.717) is 38.3 Å². The molecule has 0 radical (unpaired) electrons. The van der Waals surface area contributed by atoms with Crippen molar-refractivity contribution in [1.82, 2.24) is 9.69 Å². The lowest BCUT2D eigenvalue weighted by Crippen LogP contribution is -2.30. The van der Waals surface area contributed by atoms with Gasteiger partial charge in [-0.05, 0) is 48.0 Å². The molecule has 10 heteroatoms. The molecular weight excluding hydrogens is 415 g/mol. The van der Waals surface area contributed by atoms with Crippen LogP contribution < -0.4 is 16.4 Å². The van der Waals surface area contributed by atoms with Gasteiger partial charge in [0, 0.05) is 12.3 Å². The minimum atomic E-state index is -0.632. The zero-order chi connectivity index (χ0) is 18.7. The Kier molecular flexibility index (Phi) is 6.29. The molecule has 1 aliphatic rings. The number of aromatic nitrogens is 1. The van der Waals surface area contributed by atoms with E-state index in [1.54, 1.807) is 12.1 Å². The minimum Gasteiger partial charge on any atom is -0.365 e. The van der Waals surface area contributed by atoms with E-state index in [-0.39, 0.29) is 11.6 Å². The van der Waals surface area contributed by atoms with Crippen molar-refractivity contribution in [3.63, 3.8) is 0 Å². The molecule has 26 heavy (non-hydrogen) atoms. The summed E-state index contributed by atoms with van der Waals surface area (Å²) in [7, 11) is 0. The highest BCUT2D eigenvalue weighted by atomic mass is 35.5. The molecular formula is C16H16Cl2N4O2S2. The second-order valence-electron chi connectivity index (χ2n) is 5.87. The third-order valence-corrected chi connectivity index (χ3v) is 6.41. The Morgan fingerprint density at radius 3 is 2.73 bits per heavy atom. The summed E-state index contributed by atoms with van der Waals surface area (Å²) in [5, 5.41) is 7.22. The molecule has 4 N–H and O–H groups in total. The largest absolute Gasteiger partial charge is 0.365 e. The Bertz CT molecular complexity index is 840. The van der Waals surface area contributed by atoms with Gasteiger partial charge in [0.25, 0.3) is 5.91 Å². The summed E-state index contributed by atoms with van der Waals surface area (Å²) < 4.78 is 4.26. The predicted octanol–water partition coefficient (Wildman–Crippen LogP) is 4.37. The van der Waals surface area contributed by atoms with E-state index in [1.165, 1.54) is 11.8 Å². The van der Waals surface area contributed by atoms with Gasteiger partial charge in [0.15, 0.2) is 0 Å². The predicted molar refractivity (Wildman–Crippen MR) is 106 cm³/mol. The SMILES string of the molecule is NC(=O)c1c(SCc2ccc(Cl)c(Cl)c2)nsc1NC(=O)NCC1CC1. The second kappa shape index (κ2) is 8.47. The van der Waals surface area contributed by atoms with Gasteiger partial charge in [0.2, 0.25) is 0 Å². The van der Waals surface area contributed by atoms with E-state index in [2.05, 4.69) is 15.0 Å². The summed E-state index contributed by atoms with van der Waals surface area (Å²) in [6.07, 6.45) is 2.28. The van der Waals surface area contributed by atoms with Gasteiger partial charge >= 0.3 is 6.03 Å². The molecule has 0 spiro atoms. The molecule has 6 nitrogen and oxygen atoms in total. The summed E-state index contributed by atoms with van der Waals surface area (Å²) in [5.74, 6) is 0.469. The van der Waals surface area contributed by atoms with Crippen LogP contribution in [0, 0.1) is 5.92 Å². The van der Waals surface area contributed by atoms with Crippen LogP contribution in [0.3, 0.4) is 0 Å². The fourth-order valence-corrected chi connectivity index (χ4v) is 4.39. The summed E-state index contributed by atoms with van der Waals surface area (Å²) in [6, 6.07) is 4.97. The maximum absolute atomic E-state index is 11.9. The van der Waals surface area contributed by atoms with Crippen LogP contribution in [-0.4, -0.2) is 22.9 Å². The van der Waals surface area contributed by atoms with Crippen molar-refractivity contribution in [2.75, 3.05) is 11.9 Å². The van der Waals surface area contributed by atoms with Crippen molar-refractivity contribution in [3.05, 3.63) is 39.4 Å². The number of hydrogen-bond donors (Lipinski definition) is 3. The lowest BCUT2D eigenvalue weighted by Gasteiger charge is -2.07. The zero-order valence-electron chi connectivity index (χ0n) is 13.6. The van der Waals surface area contributed by atoms with Gasteiger partial charge in [-0.3, -0.25) is 10.1 Å². The Labute approximate surface area is 169 Å². The Morgan fingerprint density at radius 2 is 2.08 bits per heavy atom.